The Hall–Kier alpha value is -2.94. The third kappa shape index (κ3) is 4.54. The van der Waals surface area contributed by atoms with Gasteiger partial charge in [0.05, 0.1) is 17.9 Å². The minimum Gasteiger partial charge on any atom is -0.384 e. The van der Waals surface area contributed by atoms with Crippen molar-refractivity contribution < 1.29 is 22.7 Å². The van der Waals surface area contributed by atoms with Gasteiger partial charge < -0.3 is 10.5 Å². The molecule has 6 nitrogen and oxygen atoms in total. The highest BCUT2D eigenvalue weighted by Gasteiger charge is 2.34. The maximum Gasteiger partial charge on any atom is 0.417 e. The van der Waals surface area contributed by atoms with Crippen LogP contribution in [0.3, 0.4) is 0 Å². The second-order valence-corrected chi connectivity index (χ2v) is 4.97. The summed E-state index contributed by atoms with van der Waals surface area (Å²) in [7, 11) is 1.37. The molecule has 0 fully saturated rings. The highest BCUT2D eigenvalue weighted by Crippen LogP contribution is 2.37. The second-order valence-electron chi connectivity index (χ2n) is 4.97. The molecule has 0 aliphatic heterocycles. The van der Waals surface area contributed by atoms with Crippen LogP contribution in [-0.2, 0) is 15.7 Å². The normalized spacial score (nSPS) is 12.1. The number of hydrazone groups is 1. The van der Waals surface area contributed by atoms with E-state index in [9.17, 15) is 18.0 Å². The first-order chi connectivity index (χ1) is 11.9. The van der Waals surface area contributed by atoms with Gasteiger partial charge in [0.2, 0.25) is 6.41 Å². The van der Waals surface area contributed by atoms with Crippen LogP contribution < -0.4 is 11.2 Å². The Morgan fingerprint density at radius 1 is 1.36 bits per heavy atom. The van der Waals surface area contributed by atoms with E-state index in [2.05, 4.69) is 15.5 Å². The van der Waals surface area contributed by atoms with Crippen LogP contribution >= 0.6 is 0 Å². The third-order valence-electron chi connectivity index (χ3n) is 3.29. The molecule has 0 bridgehead atoms. The van der Waals surface area contributed by atoms with Crippen molar-refractivity contribution in [2.45, 2.75) is 6.18 Å². The van der Waals surface area contributed by atoms with Gasteiger partial charge in [0.25, 0.3) is 0 Å². The van der Waals surface area contributed by atoms with Gasteiger partial charge in [0, 0.05) is 24.4 Å². The molecule has 25 heavy (non-hydrogen) atoms. The maximum atomic E-state index is 13.5. The molecule has 9 heteroatoms. The van der Waals surface area contributed by atoms with Crippen LogP contribution in [0.1, 0.15) is 11.1 Å². The molecule has 1 heterocycles. The Bertz CT molecular complexity index is 774. The number of methoxy groups -OCH3 is 1. The number of nitrogens with one attached hydrogen (secondary N) is 1. The lowest BCUT2D eigenvalue weighted by Gasteiger charge is -2.15. The predicted molar refractivity (Wildman–Crippen MR) is 86.7 cm³/mol. The van der Waals surface area contributed by atoms with E-state index in [4.69, 9.17) is 10.5 Å². The Kier molecular flexibility index (Phi) is 5.71. The van der Waals surface area contributed by atoms with E-state index < -0.39 is 11.7 Å². The first-order valence-electron chi connectivity index (χ1n) is 7.05. The minimum absolute atomic E-state index is 0.0381. The zero-order valence-electron chi connectivity index (χ0n) is 13.2. The average Bonchev–Trinajstić information content (AvgIpc) is 2.58. The summed E-state index contributed by atoms with van der Waals surface area (Å²) in [5.41, 5.74) is 7.26. The summed E-state index contributed by atoms with van der Waals surface area (Å²) in [6, 6.07) is 6.62. The lowest BCUT2D eigenvalue weighted by Crippen LogP contribution is -2.16. The lowest BCUT2D eigenvalue weighted by molar-refractivity contribution is -0.137. The van der Waals surface area contributed by atoms with Gasteiger partial charge in [-0.25, -0.2) is 10.4 Å². The quantitative estimate of drug-likeness (QED) is 0.475. The number of anilines is 1. The number of hydrogen-bond donors (Lipinski definition) is 2. The Morgan fingerprint density at radius 2 is 2.12 bits per heavy atom. The molecule has 132 valence electrons. The van der Waals surface area contributed by atoms with Crippen molar-refractivity contribution in [2.75, 3.05) is 19.5 Å². The monoisotopic (exact) mass is 352 g/mol. The molecule has 0 spiro atoms. The summed E-state index contributed by atoms with van der Waals surface area (Å²) in [4.78, 5) is 14.2. The molecule has 0 aliphatic carbocycles. The smallest absolute Gasteiger partial charge is 0.384 e. The van der Waals surface area contributed by atoms with Crippen molar-refractivity contribution in [1.29, 1.82) is 0 Å². The van der Waals surface area contributed by atoms with Gasteiger partial charge in [-0.05, 0) is 23.8 Å². The summed E-state index contributed by atoms with van der Waals surface area (Å²) in [5, 5.41) is 3.72. The summed E-state index contributed by atoms with van der Waals surface area (Å²) in [6.45, 7) is -0.0685. The van der Waals surface area contributed by atoms with E-state index in [0.29, 0.717) is 6.41 Å². The van der Waals surface area contributed by atoms with Gasteiger partial charge >= 0.3 is 6.18 Å². The van der Waals surface area contributed by atoms with Crippen molar-refractivity contribution in [3.63, 3.8) is 0 Å². The van der Waals surface area contributed by atoms with Crippen LogP contribution in [0, 0.1) is 0 Å². The Morgan fingerprint density at radius 3 is 2.68 bits per heavy atom. The highest BCUT2D eigenvalue weighted by atomic mass is 19.4. The van der Waals surface area contributed by atoms with Crippen molar-refractivity contribution in [3.8, 4) is 11.1 Å². The number of rotatable bonds is 6. The van der Waals surface area contributed by atoms with E-state index in [0.717, 1.165) is 6.07 Å². The van der Waals surface area contributed by atoms with E-state index in [1.807, 2.05) is 0 Å². The average molecular weight is 352 g/mol. The summed E-state index contributed by atoms with van der Waals surface area (Å²) in [5.74, 6) is 0.211. The molecule has 0 atom stereocenters. The molecule has 3 N–H and O–H groups in total. The summed E-state index contributed by atoms with van der Waals surface area (Å²) >= 11 is 0. The van der Waals surface area contributed by atoms with Gasteiger partial charge in [0.1, 0.15) is 5.82 Å². The van der Waals surface area contributed by atoms with Crippen LogP contribution in [-0.4, -0.2) is 30.8 Å². The molecule has 1 aromatic heterocycles. The number of benzene rings is 1. The number of nitrogens with zero attached hydrogens (tertiary/aromatic N) is 2. The number of nitrogen functional groups attached to an aromatic ring is 1. The van der Waals surface area contributed by atoms with E-state index in [1.165, 1.54) is 37.6 Å². The van der Waals surface area contributed by atoms with E-state index >= 15 is 0 Å². The van der Waals surface area contributed by atoms with Crippen LogP contribution in [0.25, 0.3) is 11.1 Å². The number of carbonyl (C=O) groups is 1. The van der Waals surface area contributed by atoms with Gasteiger partial charge in [0.15, 0.2) is 0 Å². The standard InChI is InChI=1S/C16H15F3N4O2/c1-25-8-14(23-22-9-24)10-2-4-12(13(6-10)16(17,18)19)11-3-5-15(20)21-7-11/h2-7,9H,8H2,1H3,(H2,20,21)(H,22,24)/b23-14+. The number of carbonyl (C=O) groups excluding carboxylic acids is 1. The number of pyridine rings is 1. The molecule has 0 aliphatic rings. The molecule has 2 aromatic rings. The van der Waals surface area contributed by atoms with Crippen molar-refractivity contribution in [2.24, 2.45) is 5.10 Å². The molecule has 0 radical (unpaired) electrons. The topological polar surface area (TPSA) is 89.6 Å². The molecule has 0 saturated heterocycles. The minimum atomic E-state index is -4.59. The van der Waals surface area contributed by atoms with Crippen molar-refractivity contribution in [1.82, 2.24) is 10.4 Å². The van der Waals surface area contributed by atoms with E-state index in [-0.39, 0.29) is 34.8 Å². The molecule has 1 amide bonds. The Balaban J connectivity index is 2.57. The van der Waals surface area contributed by atoms with Gasteiger partial charge in [-0.1, -0.05) is 12.1 Å². The number of alkyl halides is 3. The molecule has 1 aromatic carbocycles. The van der Waals surface area contributed by atoms with Crippen LogP contribution in [0.5, 0.6) is 0 Å². The van der Waals surface area contributed by atoms with Crippen LogP contribution in [0.4, 0.5) is 19.0 Å². The number of aromatic nitrogens is 1. The van der Waals surface area contributed by atoms with Crippen LogP contribution in [0.2, 0.25) is 0 Å². The maximum absolute atomic E-state index is 13.5. The number of halogens is 3. The lowest BCUT2D eigenvalue weighted by atomic mass is 9.96. The van der Waals surface area contributed by atoms with Gasteiger partial charge in [-0.15, -0.1) is 0 Å². The fourth-order valence-electron chi connectivity index (χ4n) is 2.20. The first kappa shape index (κ1) is 18.4. The number of hydrogen-bond acceptors (Lipinski definition) is 5. The summed E-state index contributed by atoms with van der Waals surface area (Å²) in [6.07, 6.45) is -3.00. The fourth-order valence-corrected chi connectivity index (χ4v) is 2.20. The second kappa shape index (κ2) is 7.75. The molecular weight excluding hydrogens is 337 g/mol. The van der Waals surface area contributed by atoms with Gasteiger partial charge in [-0.3, -0.25) is 4.79 Å². The SMILES string of the molecule is COC/C(=N\NC=O)c1ccc(-c2ccc(N)nc2)c(C(F)(F)F)c1. The van der Waals surface area contributed by atoms with Gasteiger partial charge in [-0.2, -0.15) is 18.3 Å². The first-order valence-corrected chi connectivity index (χ1v) is 7.05. The molecule has 2 rings (SSSR count). The van der Waals surface area contributed by atoms with Crippen LogP contribution in [0.15, 0.2) is 41.6 Å². The number of amides is 1. The fraction of sp³-hybridized carbons (Fsp3) is 0.188. The Labute approximate surface area is 141 Å². The zero-order chi connectivity index (χ0) is 18.4. The van der Waals surface area contributed by atoms with Crippen molar-refractivity contribution >= 4 is 17.9 Å². The van der Waals surface area contributed by atoms with Crippen molar-refractivity contribution in [3.05, 3.63) is 47.7 Å². The third-order valence-corrected chi connectivity index (χ3v) is 3.29. The number of ether oxygens (including phenoxy) is 1. The molecule has 0 saturated carbocycles. The largest absolute Gasteiger partial charge is 0.417 e. The van der Waals surface area contributed by atoms with E-state index in [1.54, 1.807) is 0 Å². The zero-order valence-corrected chi connectivity index (χ0v) is 13.2. The summed E-state index contributed by atoms with van der Waals surface area (Å²) < 4.78 is 45.4. The number of nitrogens with two attached hydrogens (primary N) is 1. The predicted octanol–water partition coefficient (Wildman–Crippen LogP) is 2.45. The molecule has 0 unspecified atom stereocenters. The molecular formula is C16H15F3N4O2. The highest BCUT2D eigenvalue weighted by molar-refractivity contribution is 6.02.